The van der Waals surface area contributed by atoms with E-state index in [2.05, 4.69) is 10.3 Å². The van der Waals surface area contributed by atoms with Gasteiger partial charge in [0, 0.05) is 44.0 Å². The molecule has 3 rings (SSSR count). The van der Waals surface area contributed by atoms with Crippen molar-refractivity contribution in [1.82, 2.24) is 9.55 Å². The summed E-state index contributed by atoms with van der Waals surface area (Å²) in [5.74, 6) is -0.178. The highest BCUT2D eigenvalue weighted by atomic mass is 16.5. The van der Waals surface area contributed by atoms with Crippen molar-refractivity contribution in [2.45, 2.75) is 40.2 Å². The molecule has 0 spiro atoms. The molecule has 1 aliphatic carbocycles. The number of nitrogens with two attached hydrogens (primary N) is 1. The smallest absolute Gasteiger partial charge is 0.330 e. The quantitative estimate of drug-likeness (QED) is 0.453. The summed E-state index contributed by atoms with van der Waals surface area (Å²) in [6, 6.07) is 6.56. The van der Waals surface area contributed by atoms with Crippen LogP contribution in [0.25, 0.3) is 0 Å². The Morgan fingerprint density at radius 2 is 2.03 bits per heavy atom. The monoisotopic (exact) mass is 471 g/mol. The van der Waals surface area contributed by atoms with Crippen LogP contribution in [0.1, 0.15) is 44.0 Å². The van der Waals surface area contributed by atoms with Crippen LogP contribution in [0, 0.1) is 17.8 Å². The van der Waals surface area contributed by atoms with Crippen LogP contribution >= 0.6 is 0 Å². The van der Waals surface area contributed by atoms with Gasteiger partial charge in [-0.15, -0.1) is 0 Å². The van der Waals surface area contributed by atoms with E-state index in [4.69, 9.17) is 10.5 Å². The van der Waals surface area contributed by atoms with E-state index >= 15 is 0 Å². The van der Waals surface area contributed by atoms with Crippen LogP contribution in [0.3, 0.4) is 0 Å². The van der Waals surface area contributed by atoms with Crippen LogP contribution in [-0.2, 0) is 16.1 Å². The predicted molar refractivity (Wildman–Crippen MR) is 131 cm³/mol. The molecule has 10 heteroatoms. The number of aromatic nitrogens is 2. The molecule has 4 N–H and O–H groups in total. The highest BCUT2D eigenvalue weighted by Crippen LogP contribution is 2.38. The Morgan fingerprint density at radius 1 is 1.32 bits per heavy atom. The summed E-state index contributed by atoms with van der Waals surface area (Å²) in [6.07, 6.45) is 1.30. The van der Waals surface area contributed by atoms with E-state index in [0.717, 1.165) is 6.42 Å². The lowest BCUT2D eigenvalue weighted by Gasteiger charge is -2.25. The minimum Gasteiger partial charge on any atom is -0.385 e. The van der Waals surface area contributed by atoms with E-state index in [0.29, 0.717) is 24.6 Å². The minimum absolute atomic E-state index is 0.00901. The molecule has 0 aliphatic heterocycles. The number of nitrogens with zero attached hydrogens (tertiary/aromatic N) is 2. The van der Waals surface area contributed by atoms with Crippen molar-refractivity contribution in [3.8, 4) is 0 Å². The molecule has 1 aromatic carbocycles. The van der Waals surface area contributed by atoms with E-state index in [-0.39, 0.29) is 47.9 Å². The number of rotatable bonds is 10. The Bertz CT molecular complexity index is 1170. The number of carbonyl (C=O) groups excluding carboxylic acids is 2. The molecule has 1 aliphatic rings. The number of hydrogen-bond acceptors (Lipinski definition) is 6. The molecule has 2 amide bonds. The van der Waals surface area contributed by atoms with Crippen LogP contribution < -0.4 is 27.2 Å². The Balaban J connectivity index is 1.98. The standard InChI is InChI=1S/C24H33N5O5/c1-14(2)13-29-20(25)19(22(31)27-24(29)33)28(9-6-10-34-4)23(32)16-7-5-8-17(12-16)26-21(30)18-11-15(18)3/h5,7-8,12,14-15,18H,6,9-11,13,25H2,1-4H3,(H,26,30)(H,27,31,33). The topological polar surface area (TPSA) is 140 Å². The zero-order chi connectivity index (χ0) is 25.0. The van der Waals surface area contributed by atoms with Crippen molar-refractivity contribution < 1.29 is 14.3 Å². The highest BCUT2D eigenvalue weighted by molar-refractivity contribution is 6.08. The normalized spacial score (nSPS) is 17.0. The Hall–Kier alpha value is -3.40. The van der Waals surface area contributed by atoms with E-state index in [1.54, 1.807) is 31.4 Å². The van der Waals surface area contributed by atoms with Gasteiger partial charge >= 0.3 is 5.69 Å². The molecule has 1 saturated carbocycles. The molecular formula is C24H33N5O5. The van der Waals surface area contributed by atoms with Crippen molar-refractivity contribution in [3.63, 3.8) is 0 Å². The van der Waals surface area contributed by atoms with Gasteiger partial charge in [0.15, 0.2) is 5.69 Å². The number of ether oxygens (including phenoxy) is 1. The summed E-state index contributed by atoms with van der Waals surface area (Å²) in [5.41, 5.74) is 5.60. The van der Waals surface area contributed by atoms with Crippen molar-refractivity contribution in [3.05, 3.63) is 50.7 Å². The molecule has 184 valence electrons. The van der Waals surface area contributed by atoms with Crippen LogP contribution in [0.15, 0.2) is 33.9 Å². The van der Waals surface area contributed by atoms with E-state index in [9.17, 15) is 19.2 Å². The maximum atomic E-state index is 13.6. The van der Waals surface area contributed by atoms with Crippen LogP contribution in [-0.4, -0.2) is 41.6 Å². The molecule has 1 aromatic heterocycles. The first-order chi connectivity index (χ1) is 16.1. The van der Waals surface area contributed by atoms with Gasteiger partial charge in [-0.2, -0.15) is 0 Å². The zero-order valence-corrected chi connectivity index (χ0v) is 20.1. The molecule has 0 saturated heterocycles. The largest absolute Gasteiger partial charge is 0.385 e. The Morgan fingerprint density at radius 3 is 2.65 bits per heavy atom. The number of carbonyl (C=O) groups is 2. The van der Waals surface area contributed by atoms with Gasteiger partial charge in [0.1, 0.15) is 5.82 Å². The summed E-state index contributed by atoms with van der Waals surface area (Å²) in [5, 5.41) is 2.85. The summed E-state index contributed by atoms with van der Waals surface area (Å²) >= 11 is 0. The number of nitrogen functional groups attached to an aromatic ring is 1. The highest BCUT2D eigenvalue weighted by Gasteiger charge is 2.39. The molecule has 0 radical (unpaired) electrons. The predicted octanol–water partition coefficient (Wildman–Crippen LogP) is 2.05. The lowest BCUT2D eigenvalue weighted by Crippen LogP contribution is -2.42. The van der Waals surface area contributed by atoms with Gasteiger partial charge in [-0.25, -0.2) is 4.79 Å². The molecule has 10 nitrogen and oxygen atoms in total. The number of amides is 2. The maximum absolute atomic E-state index is 13.6. The SMILES string of the molecule is COCCCN(C(=O)c1cccc(NC(=O)C2CC2C)c1)c1c(N)n(CC(C)C)c(=O)[nH]c1=O. The summed E-state index contributed by atoms with van der Waals surface area (Å²) < 4.78 is 6.38. The lowest BCUT2D eigenvalue weighted by molar-refractivity contribution is -0.117. The number of nitrogens with one attached hydrogen (secondary N) is 2. The minimum atomic E-state index is -0.736. The summed E-state index contributed by atoms with van der Waals surface area (Å²) in [6.45, 7) is 6.65. The number of methoxy groups -OCH3 is 1. The third-order valence-corrected chi connectivity index (χ3v) is 5.83. The lowest BCUT2D eigenvalue weighted by atomic mass is 10.1. The van der Waals surface area contributed by atoms with E-state index < -0.39 is 17.2 Å². The maximum Gasteiger partial charge on any atom is 0.330 e. The first-order valence-corrected chi connectivity index (χ1v) is 11.5. The molecule has 34 heavy (non-hydrogen) atoms. The van der Waals surface area contributed by atoms with Crippen molar-refractivity contribution in [1.29, 1.82) is 0 Å². The number of anilines is 3. The third kappa shape index (κ3) is 5.74. The first kappa shape index (κ1) is 25.2. The van der Waals surface area contributed by atoms with Crippen molar-refractivity contribution in [2.75, 3.05) is 36.2 Å². The van der Waals surface area contributed by atoms with Gasteiger partial charge in [-0.3, -0.25) is 23.9 Å². The third-order valence-electron chi connectivity index (χ3n) is 5.83. The Labute approximate surface area is 198 Å². The first-order valence-electron chi connectivity index (χ1n) is 11.5. The van der Waals surface area contributed by atoms with Gasteiger partial charge in [-0.05, 0) is 42.9 Å². The van der Waals surface area contributed by atoms with E-state index in [1.807, 2.05) is 20.8 Å². The molecule has 1 heterocycles. The second-order valence-corrected chi connectivity index (χ2v) is 9.19. The fraction of sp³-hybridized carbons (Fsp3) is 0.500. The molecule has 0 bridgehead atoms. The molecule has 2 unspecified atom stereocenters. The second kappa shape index (κ2) is 10.7. The molecule has 2 atom stereocenters. The van der Waals surface area contributed by atoms with Gasteiger partial charge in [0.05, 0.1) is 0 Å². The summed E-state index contributed by atoms with van der Waals surface area (Å²) in [7, 11) is 1.54. The number of H-pyrrole nitrogens is 1. The summed E-state index contributed by atoms with van der Waals surface area (Å²) in [4.78, 5) is 54.6. The van der Waals surface area contributed by atoms with Crippen molar-refractivity contribution >= 4 is 29.0 Å². The zero-order valence-electron chi connectivity index (χ0n) is 20.1. The molecular weight excluding hydrogens is 438 g/mol. The fourth-order valence-corrected chi connectivity index (χ4v) is 3.87. The van der Waals surface area contributed by atoms with Gasteiger partial charge < -0.3 is 20.7 Å². The molecule has 2 aromatic rings. The van der Waals surface area contributed by atoms with Crippen molar-refractivity contribution in [2.24, 2.45) is 17.8 Å². The number of benzene rings is 1. The molecule has 1 fully saturated rings. The number of hydrogen-bond donors (Lipinski definition) is 3. The average molecular weight is 472 g/mol. The van der Waals surface area contributed by atoms with Crippen LogP contribution in [0.4, 0.5) is 17.2 Å². The van der Waals surface area contributed by atoms with Gasteiger partial charge in [0.2, 0.25) is 5.91 Å². The second-order valence-electron chi connectivity index (χ2n) is 9.19. The van der Waals surface area contributed by atoms with Crippen LogP contribution in [0.2, 0.25) is 0 Å². The number of aromatic amines is 1. The van der Waals surface area contributed by atoms with E-state index in [1.165, 1.54) is 9.47 Å². The average Bonchev–Trinajstić information content (AvgIpc) is 3.52. The Kier molecular flexibility index (Phi) is 7.93. The van der Waals surface area contributed by atoms with Gasteiger partial charge in [0.25, 0.3) is 11.5 Å². The van der Waals surface area contributed by atoms with Crippen LogP contribution in [0.5, 0.6) is 0 Å². The van der Waals surface area contributed by atoms with Gasteiger partial charge in [-0.1, -0.05) is 26.8 Å². The fourth-order valence-electron chi connectivity index (χ4n) is 3.87.